The minimum atomic E-state index is -0.765. The normalized spacial score (nSPS) is 33.4. The van der Waals surface area contributed by atoms with Crippen LogP contribution in [0.15, 0.2) is 0 Å². The minimum absolute atomic E-state index is 0.0740. The van der Waals surface area contributed by atoms with Crippen LogP contribution in [0.5, 0.6) is 0 Å². The van der Waals surface area contributed by atoms with E-state index < -0.39 is 5.97 Å². The summed E-state index contributed by atoms with van der Waals surface area (Å²) in [5.74, 6) is 0.348. The van der Waals surface area contributed by atoms with E-state index in [1.165, 1.54) is 25.7 Å². The van der Waals surface area contributed by atoms with Crippen molar-refractivity contribution in [3.05, 3.63) is 0 Å². The number of urea groups is 1. The number of carbonyl (C=O) groups excluding carboxylic acids is 1. The molecule has 3 fully saturated rings. The number of amides is 2. The van der Waals surface area contributed by atoms with E-state index in [0.717, 1.165) is 31.8 Å². The Labute approximate surface area is 126 Å². The fourth-order valence-corrected chi connectivity index (χ4v) is 4.33. The van der Waals surface area contributed by atoms with Crippen LogP contribution in [0.2, 0.25) is 0 Å². The van der Waals surface area contributed by atoms with Crippen molar-refractivity contribution in [1.29, 1.82) is 0 Å². The van der Waals surface area contributed by atoms with Gasteiger partial charge in [-0.1, -0.05) is 19.3 Å². The molecule has 2 aliphatic heterocycles. The molecule has 3 unspecified atom stereocenters. The van der Waals surface area contributed by atoms with Crippen LogP contribution in [-0.4, -0.2) is 53.1 Å². The van der Waals surface area contributed by atoms with Gasteiger partial charge in [0.2, 0.25) is 0 Å². The highest BCUT2D eigenvalue weighted by Crippen LogP contribution is 2.36. The molecule has 3 rings (SSSR count). The summed E-state index contributed by atoms with van der Waals surface area (Å²) in [7, 11) is 0. The van der Waals surface area contributed by atoms with Crippen LogP contribution in [0.4, 0.5) is 4.79 Å². The number of carbonyl (C=O) groups is 2. The number of aliphatic carboxylic acids is 1. The number of hydrogen-bond acceptors (Lipinski definition) is 2. The average molecular weight is 294 g/mol. The fraction of sp³-hybridized carbons (Fsp3) is 0.875. The summed E-state index contributed by atoms with van der Waals surface area (Å²) in [6.07, 6.45) is 7.87. The van der Waals surface area contributed by atoms with E-state index in [1.807, 2.05) is 4.90 Å². The second-order valence-electron chi connectivity index (χ2n) is 6.95. The van der Waals surface area contributed by atoms with Gasteiger partial charge in [0, 0.05) is 26.2 Å². The first-order valence-electron chi connectivity index (χ1n) is 8.42. The van der Waals surface area contributed by atoms with Gasteiger partial charge in [-0.2, -0.15) is 0 Å². The van der Waals surface area contributed by atoms with E-state index in [0.29, 0.717) is 25.4 Å². The number of fused-ring (bicyclic) bond motifs is 1. The molecule has 0 aromatic carbocycles. The maximum Gasteiger partial charge on any atom is 0.320 e. The van der Waals surface area contributed by atoms with E-state index in [4.69, 9.17) is 5.11 Å². The highest BCUT2D eigenvalue weighted by molar-refractivity contribution is 5.76. The maximum absolute atomic E-state index is 12.7. The van der Waals surface area contributed by atoms with Crippen LogP contribution in [0, 0.1) is 17.8 Å². The molecular weight excluding hydrogens is 268 g/mol. The Morgan fingerprint density at radius 1 is 0.810 bits per heavy atom. The molecule has 0 radical (unpaired) electrons. The number of carboxylic acids is 1. The maximum atomic E-state index is 12.7. The summed E-state index contributed by atoms with van der Waals surface area (Å²) >= 11 is 0. The zero-order chi connectivity index (χ0) is 14.8. The summed E-state index contributed by atoms with van der Waals surface area (Å²) in [6.45, 7) is 2.85. The molecule has 1 aliphatic carbocycles. The van der Waals surface area contributed by atoms with Gasteiger partial charge in [-0.15, -0.1) is 0 Å². The van der Waals surface area contributed by atoms with E-state index >= 15 is 0 Å². The Morgan fingerprint density at radius 2 is 1.52 bits per heavy atom. The molecule has 2 saturated heterocycles. The molecule has 3 atom stereocenters. The second kappa shape index (κ2) is 6.24. The molecule has 1 N–H and O–H groups in total. The Hall–Kier alpha value is -1.26. The highest BCUT2D eigenvalue weighted by atomic mass is 16.4. The molecule has 118 valence electrons. The predicted octanol–water partition coefficient (Wildman–Crippen LogP) is 2.42. The number of rotatable bonds is 1. The van der Waals surface area contributed by atoms with Gasteiger partial charge >= 0.3 is 12.0 Å². The van der Waals surface area contributed by atoms with Gasteiger partial charge in [0.25, 0.3) is 0 Å². The van der Waals surface area contributed by atoms with Gasteiger partial charge in [-0.05, 0) is 37.5 Å². The molecule has 0 bridgehead atoms. The van der Waals surface area contributed by atoms with Gasteiger partial charge in [-0.25, -0.2) is 4.79 Å². The van der Waals surface area contributed by atoms with Crippen molar-refractivity contribution in [1.82, 2.24) is 9.80 Å². The number of piperidine rings is 2. The molecular formula is C16H26N2O3. The van der Waals surface area contributed by atoms with Crippen LogP contribution in [-0.2, 0) is 4.79 Å². The van der Waals surface area contributed by atoms with Gasteiger partial charge < -0.3 is 14.9 Å². The third-order valence-corrected chi connectivity index (χ3v) is 5.60. The number of hydrogen-bond donors (Lipinski definition) is 1. The van der Waals surface area contributed by atoms with E-state index in [2.05, 4.69) is 0 Å². The number of nitrogens with zero attached hydrogens (tertiary/aromatic N) is 2. The lowest BCUT2D eigenvalue weighted by atomic mass is 9.75. The summed E-state index contributed by atoms with van der Waals surface area (Å²) in [5, 5.41) is 9.15. The summed E-state index contributed by atoms with van der Waals surface area (Å²) < 4.78 is 0. The second-order valence-corrected chi connectivity index (χ2v) is 6.95. The Bertz CT molecular complexity index is 412. The predicted molar refractivity (Wildman–Crippen MR) is 79.0 cm³/mol. The SMILES string of the molecule is O=C(O)C1CCCN(C(=O)N2CCC3CCCCC3C2)C1. The van der Waals surface area contributed by atoms with Crippen LogP contribution < -0.4 is 0 Å². The first-order valence-corrected chi connectivity index (χ1v) is 8.42. The van der Waals surface area contributed by atoms with E-state index in [9.17, 15) is 9.59 Å². The average Bonchev–Trinajstić information content (AvgIpc) is 2.53. The molecule has 2 heterocycles. The van der Waals surface area contributed by atoms with Crippen molar-refractivity contribution in [3.8, 4) is 0 Å². The molecule has 0 aromatic rings. The fourth-order valence-electron chi connectivity index (χ4n) is 4.33. The molecule has 0 aromatic heterocycles. The molecule has 3 aliphatic rings. The highest BCUT2D eigenvalue weighted by Gasteiger charge is 2.36. The lowest BCUT2D eigenvalue weighted by Crippen LogP contribution is -2.53. The lowest BCUT2D eigenvalue weighted by Gasteiger charge is -2.43. The van der Waals surface area contributed by atoms with Gasteiger partial charge in [0.15, 0.2) is 0 Å². The Balaban J connectivity index is 1.58. The minimum Gasteiger partial charge on any atom is -0.481 e. The first kappa shape index (κ1) is 14.7. The topological polar surface area (TPSA) is 60.9 Å². The summed E-state index contributed by atoms with van der Waals surface area (Å²) in [4.78, 5) is 27.5. The van der Waals surface area contributed by atoms with Crippen molar-refractivity contribution in [2.75, 3.05) is 26.2 Å². The van der Waals surface area contributed by atoms with Crippen molar-refractivity contribution in [2.45, 2.75) is 44.9 Å². The monoisotopic (exact) mass is 294 g/mol. The van der Waals surface area contributed by atoms with Crippen molar-refractivity contribution in [3.63, 3.8) is 0 Å². The molecule has 21 heavy (non-hydrogen) atoms. The standard InChI is InChI=1S/C16H26N2O3/c19-15(20)14-6-3-8-17(11-14)16(21)18-9-7-12-4-1-2-5-13(12)10-18/h12-14H,1-11H2,(H,19,20). The van der Waals surface area contributed by atoms with Gasteiger partial charge in [0.05, 0.1) is 5.92 Å². The lowest BCUT2D eigenvalue weighted by molar-refractivity contribution is -0.143. The summed E-state index contributed by atoms with van der Waals surface area (Å²) in [6, 6.07) is 0.0740. The Kier molecular flexibility index (Phi) is 4.36. The quantitative estimate of drug-likeness (QED) is 0.808. The zero-order valence-electron chi connectivity index (χ0n) is 12.7. The summed E-state index contributed by atoms with van der Waals surface area (Å²) in [5.41, 5.74) is 0. The number of likely N-dealkylation sites (tertiary alicyclic amines) is 2. The van der Waals surface area contributed by atoms with Crippen LogP contribution in [0.3, 0.4) is 0 Å². The van der Waals surface area contributed by atoms with Crippen LogP contribution in [0.1, 0.15) is 44.9 Å². The molecule has 0 spiro atoms. The zero-order valence-corrected chi connectivity index (χ0v) is 12.7. The molecule has 1 saturated carbocycles. The largest absolute Gasteiger partial charge is 0.481 e. The number of carboxylic acid groups (broad SMARTS) is 1. The van der Waals surface area contributed by atoms with Crippen LogP contribution >= 0.6 is 0 Å². The van der Waals surface area contributed by atoms with E-state index in [1.54, 1.807) is 4.90 Å². The third-order valence-electron chi connectivity index (χ3n) is 5.60. The van der Waals surface area contributed by atoms with E-state index in [-0.39, 0.29) is 11.9 Å². The van der Waals surface area contributed by atoms with Crippen molar-refractivity contribution < 1.29 is 14.7 Å². The van der Waals surface area contributed by atoms with Crippen molar-refractivity contribution >= 4 is 12.0 Å². The molecule has 5 heteroatoms. The van der Waals surface area contributed by atoms with Gasteiger partial charge in [-0.3, -0.25) is 4.79 Å². The molecule has 2 amide bonds. The van der Waals surface area contributed by atoms with Crippen molar-refractivity contribution in [2.24, 2.45) is 17.8 Å². The van der Waals surface area contributed by atoms with Crippen LogP contribution in [0.25, 0.3) is 0 Å². The molecule has 5 nitrogen and oxygen atoms in total. The third kappa shape index (κ3) is 3.16. The van der Waals surface area contributed by atoms with Gasteiger partial charge in [0.1, 0.15) is 0 Å². The Morgan fingerprint density at radius 3 is 2.29 bits per heavy atom. The smallest absolute Gasteiger partial charge is 0.320 e. The first-order chi connectivity index (χ1) is 10.1.